The zero-order valence-corrected chi connectivity index (χ0v) is 10.2. The van der Waals surface area contributed by atoms with E-state index in [1.54, 1.807) is 6.07 Å². The molecule has 0 saturated heterocycles. The van der Waals surface area contributed by atoms with Gasteiger partial charge in [0.15, 0.2) is 5.78 Å². The molecule has 0 saturated carbocycles. The van der Waals surface area contributed by atoms with Gasteiger partial charge in [0.25, 0.3) is 0 Å². The quantitative estimate of drug-likeness (QED) is 0.665. The van der Waals surface area contributed by atoms with E-state index in [4.69, 9.17) is 23.2 Å². The van der Waals surface area contributed by atoms with Crippen LogP contribution in [0.25, 0.3) is 0 Å². The number of nitrogens with zero attached hydrogens (tertiary/aromatic N) is 1. The first-order valence-corrected chi connectivity index (χ1v) is 6.24. The van der Waals surface area contributed by atoms with Gasteiger partial charge in [-0.05, 0) is 6.07 Å². The summed E-state index contributed by atoms with van der Waals surface area (Å²) in [4.78, 5) is 27.3. The summed E-state index contributed by atoms with van der Waals surface area (Å²) in [6.07, 6.45) is 0. The van der Waals surface area contributed by atoms with Crippen molar-refractivity contribution in [3.05, 3.63) is 16.8 Å². The van der Waals surface area contributed by atoms with Crippen molar-refractivity contribution in [1.29, 1.82) is 0 Å². The van der Waals surface area contributed by atoms with E-state index in [0.717, 1.165) is 4.90 Å². The summed E-state index contributed by atoms with van der Waals surface area (Å²) in [6.45, 7) is 0. The maximum atomic E-state index is 11.4. The highest BCUT2D eigenvalue weighted by molar-refractivity contribution is 8.00. The second-order valence-electron chi connectivity index (χ2n) is 3.06. The summed E-state index contributed by atoms with van der Waals surface area (Å²) in [7, 11) is 0. The first-order chi connectivity index (χ1) is 7.61. The molecule has 16 heavy (non-hydrogen) atoms. The molecule has 0 fully saturated rings. The Morgan fingerprint density at radius 3 is 3.06 bits per heavy atom. The fraction of sp³-hybridized carbons (Fsp3) is 0.222. The fourth-order valence-corrected chi connectivity index (χ4v) is 2.48. The number of amides is 1. The van der Waals surface area contributed by atoms with Crippen molar-refractivity contribution in [2.24, 2.45) is 0 Å². The predicted octanol–water partition coefficient (Wildman–Crippen LogP) is 2.20. The van der Waals surface area contributed by atoms with Gasteiger partial charge in [-0.15, -0.1) is 23.4 Å². The van der Waals surface area contributed by atoms with E-state index in [1.807, 2.05) is 0 Å². The average Bonchev–Trinajstić information content (AvgIpc) is 2.28. The molecule has 1 amide bonds. The second-order valence-corrected chi connectivity index (χ2v) is 4.75. The van der Waals surface area contributed by atoms with E-state index in [2.05, 4.69) is 10.3 Å². The number of aromatic nitrogens is 1. The smallest absolute Gasteiger partial charge is 0.235 e. The van der Waals surface area contributed by atoms with Crippen molar-refractivity contribution in [3.63, 3.8) is 0 Å². The van der Waals surface area contributed by atoms with E-state index in [-0.39, 0.29) is 28.3 Å². The molecule has 0 bridgehead atoms. The van der Waals surface area contributed by atoms with E-state index in [0.29, 0.717) is 11.6 Å². The highest BCUT2D eigenvalue weighted by atomic mass is 35.5. The number of pyridine rings is 1. The normalized spacial score (nSPS) is 14.2. The number of halogens is 2. The Bertz CT molecular complexity index is 479. The van der Waals surface area contributed by atoms with E-state index in [1.165, 1.54) is 11.8 Å². The third-order valence-corrected chi connectivity index (χ3v) is 3.50. The minimum Gasteiger partial charge on any atom is -0.309 e. The Labute approximate surface area is 106 Å². The third kappa shape index (κ3) is 2.16. The molecular weight excluding hydrogens is 271 g/mol. The molecule has 1 aromatic rings. The standard InChI is InChI=1S/C9H6Cl2N2O2S/c10-2-5(14)8-4(11)1-6-9(13-8)12-7(15)3-16-6/h1H,2-3H2,(H,12,13,15). The van der Waals surface area contributed by atoms with Gasteiger partial charge in [-0.2, -0.15) is 0 Å². The first-order valence-electron chi connectivity index (χ1n) is 4.34. The fourth-order valence-electron chi connectivity index (χ4n) is 1.24. The van der Waals surface area contributed by atoms with Crippen LogP contribution in [0.2, 0.25) is 5.02 Å². The second kappa shape index (κ2) is 4.61. The number of alkyl halides is 1. The van der Waals surface area contributed by atoms with Crippen LogP contribution >= 0.6 is 35.0 Å². The van der Waals surface area contributed by atoms with Gasteiger partial charge in [0, 0.05) is 0 Å². The molecule has 2 heterocycles. The van der Waals surface area contributed by atoms with E-state index in [9.17, 15) is 9.59 Å². The molecule has 0 aliphatic carbocycles. The number of ketones is 1. The Kier molecular flexibility index (Phi) is 3.37. The monoisotopic (exact) mass is 276 g/mol. The van der Waals surface area contributed by atoms with Crippen LogP contribution in [0.3, 0.4) is 0 Å². The van der Waals surface area contributed by atoms with Gasteiger partial charge in [-0.1, -0.05) is 11.6 Å². The molecule has 1 aromatic heterocycles. The van der Waals surface area contributed by atoms with Crippen molar-refractivity contribution in [1.82, 2.24) is 4.98 Å². The summed E-state index contributed by atoms with van der Waals surface area (Å²) in [5.41, 5.74) is 0.0956. The van der Waals surface area contributed by atoms with Crippen molar-refractivity contribution >= 4 is 52.5 Å². The lowest BCUT2D eigenvalue weighted by Gasteiger charge is -2.16. The van der Waals surface area contributed by atoms with Crippen LogP contribution < -0.4 is 5.32 Å². The van der Waals surface area contributed by atoms with Gasteiger partial charge in [0.1, 0.15) is 11.5 Å². The molecule has 2 rings (SSSR count). The lowest BCUT2D eigenvalue weighted by atomic mass is 10.2. The number of nitrogens with one attached hydrogen (secondary N) is 1. The summed E-state index contributed by atoms with van der Waals surface area (Å²) in [6, 6.07) is 1.62. The molecule has 0 aromatic carbocycles. The lowest BCUT2D eigenvalue weighted by Crippen LogP contribution is -2.21. The number of fused-ring (bicyclic) bond motifs is 1. The number of hydrogen-bond acceptors (Lipinski definition) is 4. The van der Waals surface area contributed by atoms with Crippen molar-refractivity contribution in [2.75, 3.05) is 16.9 Å². The molecule has 1 N–H and O–H groups in total. The number of carbonyl (C=O) groups excluding carboxylic acids is 2. The van der Waals surface area contributed by atoms with Gasteiger partial charge in [0.05, 0.1) is 21.6 Å². The van der Waals surface area contributed by atoms with Gasteiger partial charge < -0.3 is 5.32 Å². The molecule has 0 radical (unpaired) electrons. The van der Waals surface area contributed by atoms with E-state index < -0.39 is 0 Å². The van der Waals surface area contributed by atoms with Crippen LogP contribution in [0, 0.1) is 0 Å². The Morgan fingerprint density at radius 1 is 1.62 bits per heavy atom. The van der Waals surface area contributed by atoms with Crippen LogP contribution in [0.5, 0.6) is 0 Å². The SMILES string of the molecule is O=C1CSc2cc(Cl)c(C(=O)CCl)nc2N1. The maximum absolute atomic E-state index is 11.4. The molecule has 7 heteroatoms. The van der Waals surface area contributed by atoms with Crippen molar-refractivity contribution in [2.45, 2.75) is 4.90 Å². The Hall–Kier alpha value is -0.780. The Morgan fingerprint density at radius 2 is 2.38 bits per heavy atom. The number of rotatable bonds is 2. The van der Waals surface area contributed by atoms with Gasteiger partial charge in [-0.3, -0.25) is 9.59 Å². The molecule has 1 aliphatic rings. The largest absolute Gasteiger partial charge is 0.309 e. The number of carbonyl (C=O) groups is 2. The molecule has 0 spiro atoms. The highest BCUT2D eigenvalue weighted by Gasteiger charge is 2.21. The number of hydrogen-bond donors (Lipinski definition) is 1. The van der Waals surface area contributed by atoms with Crippen LogP contribution in [0.1, 0.15) is 10.5 Å². The Balaban J connectivity index is 2.46. The molecule has 4 nitrogen and oxygen atoms in total. The summed E-state index contributed by atoms with van der Waals surface area (Å²) >= 11 is 12.7. The minimum absolute atomic E-state index is 0.0956. The summed E-state index contributed by atoms with van der Waals surface area (Å²) < 4.78 is 0. The van der Waals surface area contributed by atoms with Crippen LogP contribution in [0.4, 0.5) is 5.82 Å². The predicted molar refractivity (Wildman–Crippen MR) is 63.7 cm³/mol. The van der Waals surface area contributed by atoms with Crippen LogP contribution in [-0.4, -0.2) is 28.3 Å². The first kappa shape index (κ1) is 11.7. The third-order valence-electron chi connectivity index (χ3n) is 1.94. The maximum Gasteiger partial charge on any atom is 0.235 e. The molecule has 0 atom stereocenters. The topological polar surface area (TPSA) is 59.1 Å². The van der Waals surface area contributed by atoms with Gasteiger partial charge >= 0.3 is 0 Å². The van der Waals surface area contributed by atoms with Crippen LogP contribution in [0.15, 0.2) is 11.0 Å². The van der Waals surface area contributed by atoms with Crippen LogP contribution in [-0.2, 0) is 4.79 Å². The molecule has 84 valence electrons. The molecule has 1 aliphatic heterocycles. The van der Waals surface area contributed by atoms with Crippen molar-refractivity contribution in [3.8, 4) is 0 Å². The number of Topliss-reactive ketones (excluding diaryl/α,β-unsaturated/α-hetero) is 1. The zero-order chi connectivity index (χ0) is 11.7. The number of anilines is 1. The highest BCUT2D eigenvalue weighted by Crippen LogP contribution is 2.33. The minimum atomic E-state index is -0.362. The van der Waals surface area contributed by atoms with Gasteiger partial charge in [-0.25, -0.2) is 4.98 Å². The number of thioether (sulfide) groups is 1. The molecular formula is C9H6Cl2N2O2S. The average molecular weight is 277 g/mol. The summed E-state index contributed by atoms with van der Waals surface area (Å²) in [5, 5.41) is 2.84. The zero-order valence-electron chi connectivity index (χ0n) is 7.92. The van der Waals surface area contributed by atoms with E-state index >= 15 is 0 Å². The summed E-state index contributed by atoms with van der Waals surface area (Å²) in [5.74, 6) is 0.00966. The van der Waals surface area contributed by atoms with Crippen molar-refractivity contribution < 1.29 is 9.59 Å². The van der Waals surface area contributed by atoms with Gasteiger partial charge in [0.2, 0.25) is 5.91 Å². The lowest BCUT2D eigenvalue weighted by molar-refractivity contribution is -0.113. The molecule has 0 unspecified atom stereocenters.